The molecule has 3 N–H and O–H groups in total. The van der Waals surface area contributed by atoms with Crippen LogP contribution in [0.2, 0.25) is 0 Å². The predicted octanol–water partition coefficient (Wildman–Crippen LogP) is 4.78. The van der Waals surface area contributed by atoms with Crippen LogP contribution < -0.4 is 10.6 Å². The van der Waals surface area contributed by atoms with Crippen LogP contribution in [0, 0.1) is 5.82 Å². The average molecular weight is 462 g/mol. The maximum absolute atomic E-state index is 13.5. The van der Waals surface area contributed by atoms with Gasteiger partial charge in [0.2, 0.25) is 5.91 Å². The number of halogens is 1. The van der Waals surface area contributed by atoms with E-state index >= 15 is 0 Å². The minimum atomic E-state index is -1.43. The zero-order valence-electron chi connectivity index (χ0n) is 18.4. The number of carboxylic acids is 1. The van der Waals surface area contributed by atoms with E-state index in [0.717, 1.165) is 34.4 Å². The maximum Gasteiger partial charge on any atom is 0.407 e. The second-order valence-electron chi connectivity index (χ2n) is 8.12. The Labute approximate surface area is 195 Å². The summed E-state index contributed by atoms with van der Waals surface area (Å²) in [6.07, 6.45) is -0.721. The van der Waals surface area contributed by atoms with E-state index in [4.69, 9.17) is 9.84 Å². The first-order valence-electron chi connectivity index (χ1n) is 10.8. The van der Waals surface area contributed by atoms with Gasteiger partial charge in [-0.05, 0) is 47.4 Å². The lowest BCUT2D eigenvalue weighted by atomic mass is 9.98. The van der Waals surface area contributed by atoms with Gasteiger partial charge in [-0.25, -0.2) is 14.0 Å². The molecule has 1 aliphatic rings. The molecule has 8 heteroatoms. The minimum Gasteiger partial charge on any atom is -0.478 e. The Bertz CT molecular complexity index is 1210. The van der Waals surface area contributed by atoms with Crippen molar-refractivity contribution in [3.8, 4) is 11.1 Å². The molecule has 0 heterocycles. The van der Waals surface area contributed by atoms with Crippen molar-refractivity contribution in [3.05, 3.63) is 89.2 Å². The molecule has 0 spiro atoms. The number of amides is 2. The van der Waals surface area contributed by atoms with Crippen molar-refractivity contribution < 1.29 is 28.6 Å². The van der Waals surface area contributed by atoms with Crippen LogP contribution in [0.5, 0.6) is 0 Å². The van der Waals surface area contributed by atoms with E-state index in [1.165, 1.54) is 6.07 Å². The molecule has 4 rings (SSSR count). The van der Waals surface area contributed by atoms with Crippen molar-refractivity contribution in [1.29, 1.82) is 0 Å². The highest BCUT2D eigenvalue weighted by molar-refractivity contribution is 5.94. The van der Waals surface area contributed by atoms with Crippen LogP contribution >= 0.6 is 0 Å². The van der Waals surface area contributed by atoms with Crippen LogP contribution in [0.4, 0.5) is 14.9 Å². The summed E-state index contributed by atoms with van der Waals surface area (Å²) < 4.78 is 19.0. The maximum atomic E-state index is 13.5. The summed E-state index contributed by atoms with van der Waals surface area (Å²) in [6, 6.07) is 18.8. The molecule has 7 nitrogen and oxygen atoms in total. The largest absolute Gasteiger partial charge is 0.478 e. The first-order valence-corrected chi connectivity index (χ1v) is 10.8. The molecule has 3 aromatic carbocycles. The van der Waals surface area contributed by atoms with Gasteiger partial charge in [-0.2, -0.15) is 0 Å². The smallest absolute Gasteiger partial charge is 0.407 e. The Hall–Kier alpha value is -4.20. The first kappa shape index (κ1) is 23.0. The zero-order valence-corrected chi connectivity index (χ0v) is 18.4. The molecule has 34 heavy (non-hydrogen) atoms. The van der Waals surface area contributed by atoms with Gasteiger partial charge < -0.3 is 20.5 Å². The number of ether oxygens (including phenoxy) is 1. The van der Waals surface area contributed by atoms with Crippen LogP contribution in [0.15, 0.2) is 66.7 Å². The zero-order chi connectivity index (χ0) is 24.2. The molecule has 3 aromatic rings. The van der Waals surface area contributed by atoms with Crippen molar-refractivity contribution in [1.82, 2.24) is 5.32 Å². The third-order valence-electron chi connectivity index (χ3n) is 5.68. The normalized spacial score (nSPS) is 12.9. The van der Waals surface area contributed by atoms with E-state index in [0.29, 0.717) is 0 Å². The molecule has 2 amide bonds. The number of benzene rings is 3. The fraction of sp³-hybridized carbons (Fsp3) is 0.192. The Morgan fingerprint density at radius 1 is 1.00 bits per heavy atom. The number of carboxylic acid groups (broad SMARTS) is 1. The van der Waals surface area contributed by atoms with E-state index in [-0.39, 0.29) is 24.6 Å². The monoisotopic (exact) mass is 462 g/mol. The molecular formula is C26H23FN2O5. The molecule has 1 atom stereocenters. The fourth-order valence-corrected chi connectivity index (χ4v) is 4.15. The van der Waals surface area contributed by atoms with Crippen molar-refractivity contribution in [2.24, 2.45) is 0 Å². The number of carbonyl (C=O) groups excluding carboxylic acids is 2. The Balaban J connectivity index is 1.30. The highest BCUT2D eigenvalue weighted by Crippen LogP contribution is 2.44. The Morgan fingerprint density at radius 2 is 1.62 bits per heavy atom. The molecule has 0 unspecified atom stereocenters. The van der Waals surface area contributed by atoms with E-state index < -0.39 is 35.4 Å². The number of alkyl carbamates (subject to hydrolysis) is 1. The second kappa shape index (κ2) is 9.74. The molecule has 0 bridgehead atoms. The lowest BCUT2D eigenvalue weighted by Gasteiger charge is -2.17. The highest BCUT2D eigenvalue weighted by atomic mass is 19.1. The number of nitrogens with one attached hydrogen (secondary N) is 2. The summed E-state index contributed by atoms with van der Waals surface area (Å²) in [7, 11) is 0. The SMILES string of the molecule is C[C@H](CC(=O)Nc1ccc(F)c(C(=O)O)c1)NC(=O)OCC1c2ccccc2-c2ccccc21. The van der Waals surface area contributed by atoms with Crippen LogP contribution in [0.25, 0.3) is 11.1 Å². The van der Waals surface area contributed by atoms with Gasteiger partial charge in [0.1, 0.15) is 12.4 Å². The van der Waals surface area contributed by atoms with Crippen molar-refractivity contribution >= 4 is 23.7 Å². The standard InChI is InChI=1S/C26H23FN2O5/c1-15(12-24(30)29-16-10-11-23(27)21(13-16)25(31)32)28-26(33)34-14-22-19-8-4-2-6-17(19)18-7-3-5-9-20(18)22/h2-11,13,15,22H,12,14H2,1H3,(H,28,33)(H,29,30)(H,31,32)/t15-/m1/s1. The van der Waals surface area contributed by atoms with Crippen LogP contribution in [0.3, 0.4) is 0 Å². The first-order chi connectivity index (χ1) is 16.3. The number of anilines is 1. The number of hydrogen-bond acceptors (Lipinski definition) is 4. The Kier molecular flexibility index (Phi) is 6.58. The van der Waals surface area contributed by atoms with Crippen molar-refractivity contribution in [3.63, 3.8) is 0 Å². The second-order valence-corrected chi connectivity index (χ2v) is 8.12. The average Bonchev–Trinajstić information content (AvgIpc) is 3.12. The molecule has 0 fully saturated rings. The molecule has 0 radical (unpaired) electrons. The number of aromatic carboxylic acids is 1. The molecule has 0 saturated carbocycles. The third kappa shape index (κ3) is 4.91. The van der Waals surface area contributed by atoms with Gasteiger partial charge in [0.05, 0.1) is 5.56 Å². The number of carbonyl (C=O) groups is 3. The van der Waals surface area contributed by atoms with Crippen molar-refractivity contribution in [2.45, 2.75) is 25.3 Å². The summed E-state index contributed by atoms with van der Waals surface area (Å²) in [5.74, 6) is -2.86. The van der Waals surface area contributed by atoms with Gasteiger partial charge >= 0.3 is 12.1 Å². The molecule has 0 aromatic heterocycles. The van der Waals surface area contributed by atoms with Gasteiger partial charge in [-0.15, -0.1) is 0 Å². The van der Waals surface area contributed by atoms with Crippen LogP contribution in [-0.4, -0.2) is 35.7 Å². The quantitative estimate of drug-likeness (QED) is 0.469. The van der Waals surface area contributed by atoms with E-state index in [2.05, 4.69) is 22.8 Å². The summed E-state index contributed by atoms with van der Waals surface area (Å²) in [5.41, 5.74) is 4.07. The number of hydrogen-bond donors (Lipinski definition) is 3. The van der Waals surface area contributed by atoms with Gasteiger partial charge in [-0.1, -0.05) is 48.5 Å². The van der Waals surface area contributed by atoms with E-state index in [9.17, 15) is 18.8 Å². The Morgan fingerprint density at radius 3 is 2.24 bits per heavy atom. The summed E-state index contributed by atoms with van der Waals surface area (Å²) in [6.45, 7) is 1.81. The van der Waals surface area contributed by atoms with Crippen molar-refractivity contribution in [2.75, 3.05) is 11.9 Å². The van der Waals surface area contributed by atoms with Gasteiger partial charge in [-0.3, -0.25) is 4.79 Å². The molecule has 0 aliphatic heterocycles. The van der Waals surface area contributed by atoms with Crippen LogP contribution in [0.1, 0.15) is 40.7 Å². The molecule has 1 aliphatic carbocycles. The van der Waals surface area contributed by atoms with E-state index in [1.807, 2.05) is 36.4 Å². The predicted molar refractivity (Wildman–Crippen MR) is 124 cm³/mol. The fourth-order valence-electron chi connectivity index (χ4n) is 4.15. The molecule has 174 valence electrons. The van der Waals surface area contributed by atoms with E-state index in [1.54, 1.807) is 6.92 Å². The topological polar surface area (TPSA) is 105 Å². The number of fused-ring (bicyclic) bond motifs is 3. The van der Waals surface area contributed by atoms with Crippen LogP contribution in [-0.2, 0) is 9.53 Å². The summed E-state index contributed by atoms with van der Waals surface area (Å²) in [4.78, 5) is 35.7. The number of rotatable bonds is 7. The minimum absolute atomic E-state index is 0.0707. The summed E-state index contributed by atoms with van der Waals surface area (Å²) >= 11 is 0. The summed E-state index contributed by atoms with van der Waals surface area (Å²) in [5, 5.41) is 14.1. The lowest BCUT2D eigenvalue weighted by Crippen LogP contribution is -2.36. The molecule has 0 saturated heterocycles. The lowest BCUT2D eigenvalue weighted by molar-refractivity contribution is -0.116. The van der Waals surface area contributed by atoms with Gasteiger partial charge in [0, 0.05) is 24.1 Å². The molecular weight excluding hydrogens is 439 g/mol. The van der Waals surface area contributed by atoms with Gasteiger partial charge in [0.25, 0.3) is 0 Å². The third-order valence-corrected chi connectivity index (χ3v) is 5.68. The van der Waals surface area contributed by atoms with Gasteiger partial charge in [0.15, 0.2) is 0 Å². The highest BCUT2D eigenvalue weighted by Gasteiger charge is 2.29.